The molecule has 1 N–H and O–H groups in total. The van der Waals surface area contributed by atoms with E-state index in [1.54, 1.807) is 12.1 Å². The van der Waals surface area contributed by atoms with Gasteiger partial charge in [0.05, 0.1) is 4.92 Å². The number of hydrogen-bond donors (Lipinski definition) is 1. The zero-order valence-electron chi connectivity index (χ0n) is 11.2. The summed E-state index contributed by atoms with van der Waals surface area (Å²) in [6.07, 6.45) is 1.90. The van der Waals surface area contributed by atoms with E-state index < -0.39 is 4.92 Å². The SMILES string of the molecule is CSC1C(=O)Nc2ccc(-c3ccc([N+](=O)[O-])cc3)cc21. The molecule has 2 aromatic carbocycles. The Morgan fingerprint density at radius 1 is 1.14 bits per heavy atom. The fourth-order valence-electron chi connectivity index (χ4n) is 2.42. The number of hydrogen-bond acceptors (Lipinski definition) is 4. The monoisotopic (exact) mass is 300 g/mol. The number of rotatable bonds is 3. The lowest BCUT2D eigenvalue weighted by atomic mass is 10.0. The minimum absolute atomic E-state index is 0.00153. The molecule has 0 aromatic heterocycles. The molecular weight excluding hydrogens is 288 g/mol. The summed E-state index contributed by atoms with van der Waals surface area (Å²) in [6.45, 7) is 0. The second kappa shape index (κ2) is 5.21. The molecule has 5 nitrogen and oxygen atoms in total. The van der Waals surface area contributed by atoms with E-state index in [-0.39, 0.29) is 16.8 Å². The van der Waals surface area contributed by atoms with Crippen LogP contribution in [0.25, 0.3) is 11.1 Å². The summed E-state index contributed by atoms with van der Waals surface area (Å²) in [5.74, 6) is -0.00153. The molecule has 1 atom stereocenters. The molecule has 0 fully saturated rings. The van der Waals surface area contributed by atoms with Crippen LogP contribution in [0.3, 0.4) is 0 Å². The average molecular weight is 300 g/mol. The predicted molar refractivity (Wildman–Crippen MR) is 83.4 cm³/mol. The quantitative estimate of drug-likeness (QED) is 0.694. The van der Waals surface area contributed by atoms with Crippen LogP contribution in [0.15, 0.2) is 42.5 Å². The van der Waals surface area contributed by atoms with Crippen LogP contribution in [-0.4, -0.2) is 17.1 Å². The van der Waals surface area contributed by atoms with E-state index in [9.17, 15) is 14.9 Å². The summed E-state index contributed by atoms with van der Waals surface area (Å²) in [5.41, 5.74) is 3.70. The minimum Gasteiger partial charge on any atom is -0.325 e. The second-order valence-electron chi connectivity index (χ2n) is 4.71. The van der Waals surface area contributed by atoms with Crippen LogP contribution in [-0.2, 0) is 4.79 Å². The van der Waals surface area contributed by atoms with Gasteiger partial charge in [-0.15, -0.1) is 11.8 Å². The number of fused-ring (bicyclic) bond motifs is 1. The van der Waals surface area contributed by atoms with Gasteiger partial charge in [0.25, 0.3) is 5.69 Å². The van der Waals surface area contributed by atoms with Gasteiger partial charge in [-0.25, -0.2) is 0 Å². The maximum atomic E-state index is 11.8. The molecule has 0 saturated carbocycles. The van der Waals surface area contributed by atoms with Crippen LogP contribution in [0.5, 0.6) is 0 Å². The van der Waals surface area contributed by atoms with Crippen LogP contribution in [0.4, 0.5) is 11.4 Å². The largest absolute Gasteiger partial charge is 0.325 e. The lowest BCUT2D eigenvalue weighted by molar-refractivity contribution is -0.384. The van der Waals surface area contributed by atoms with Gasteiger partial charge in [0.2, 0.25) is 5.91 Å². The van der Waals surface area contributed by atoms with Gasteiger partial charge in [0.1, 0.15) is 5.25 Å². The number of thioether (sulfide) groups is 1. The van der Waals surface area contributed by atoms with Crippen LogP contribution in [0.2, 0.25) is 0 Å². The van der Waals surface area contributed by atoms with Crippen molar-refractivity contribution >= 4 is 29.0 Å². The van der Waals surface area contributed by atoms with Crippen molar-refractivity contribution in [2.45, 2.75) is 5.25 Å². The molecule has 0 saturated heterocycles. The molecule has 1 unspecified atom stereocenters. The highest BCUT2D eigenvalue weighted by Gasteiger charge is 2.29. The maximum Gasteiger partial charge on any atom is 0.269 e. The first-order chi connectivity index (χ1) is 10.1. The molecule has 1 heterocycles. The van der Waals surface area contributed by atoms with Gasteiger partial charge >= 0.3 is 0 Å². The van der Waals surface area contributed by atoms with Crippen LogP contribution < -0.4 is 5.32 Å². The van der Waals surface area contributed by atoms with E-state index >= 15 is 0 Å². The first kappa shape index (κ1) is 13.6. The Labute approximate surface area is 125 Å². The van der Waals surface area contributed by atoms with Crippen molar-refractivity contribution in [2.24, 2.45) is 0 Å². The highest BCUT2D eigenvalue weighted by atomic mass is 32.2. The molecule has 0 bridgehead atoms. The molecule has 2 aromatic rings. The molecule has 0 spiro atoms. The van der Waals surface area contributed by atoms with Crippen molar-refractivity contribution < 1.29 is 9.72 Å². The normalized spacial score (nSPS) is 16.4. The lowest BCUT2D eigenvalue weighted by Crippen LogP contribution is -2.08. The van der Waals surface area contributed by atoms with Gasteiger partial charge in [0, 0.05) is 17.8 Å². The van der Waals surface area contributed by atoms with E-state index in [0.717, 1.165) is 22.4 Å². The number of anilines is 1. The van der Waals surface area contributed by atoms with Crippen molar-refractivity contribution in [2.75, 3.05) is 11.6 Å². The van der Waals surface area contributed by atoms with E-state index in [1.807, 2.05) is 24.5 Å². The van der Waals surface area contributed by atoms with Crippen LogP contribution in [0.1, 0.15) is 10.8 Å². The fraction of sp³-hybridized carbons (Fsp3) is 0.133. The van der Waals surface area contributed by atoms with Crippen LogP contribution >= 0.6 is 11.8 Å². The number of amides is 1. The second-order valence-corrected chi connectivity index (χ2v) is 5.65. The first-order valence-corrected chi connectivity index (χ1v) is 7.61. The lowest BCUT2D eigenvalue weighted by Gasteiger charge is -2.07. The Kier molecular flexibility index (Phi) is 3.39. The fourth-order valence-corrected chi connectivity index (χ4v) is 3.14. The molecule has 6 heteroatoms. The van der Waals surface area contributed by atoms with Gasteiger partial charge in [-0.2, -0.15) is 0 Å². The van der Waals surface area contributed by atoms with Gasteiger partial charge in [0.15, 0.2) is 0 Å². The molecule has 0 aliphatic carbocycles. The summed E-state index contributed by atoms with van der Waals surface area (Å²) < 4.78 is 0. The summed E-state index contributed by atoms with van der Waals surface area (Å²) in [5, 5.41) is 13.3. The summed E-state index contributed by atoms with van der Waals surface area (Å²) in [6, 6.07) is 12.2. The Balaban J connectivity index is 1.99. The van der Waals surface area contributed by atoms with Crippen molar-refractivity contribution in [1.82, 2.24) is 0 Å². The van der Waals surface area contributed by atoms with E-state index in [0.29, 0.717) is 0 Å². The van der Waals surface area contributed by atoms with E-state index in [1.165, 1.54) is 23.9 Å². The number of nitro groups is 1. The van der Waals surface area contributed by atoms with Gasteiger partial charge < -0.3 is 5.32 Å². The zero-order valence-corrected chi connectivity index (χ0v) is 12.0. The summed E-state index contributed by atoms with van der Waals surface area (Å²) in [4.78, 5) is 22.1. The topological polar surface area (TPSA) is 72.2 Å². The number of nitrogens with zero attached hydrogens (tertiary/aromatic N) is 1. The van der Waals surface area contributed by atoms with Crippen molar-refractivity contribution in [3.05, 3.63) is 58.1 Å². The zero-order chi connectivity index (χ0) is 15.0. The molecule has 1 aliphatic heterocycles. The van der Waals surface area contributed by atoms with Gasteiger partial charge in [-0.3, -0.25) is 14.9 Å². The number of nitrogens with one attached hydrogen (secondary N) is 1. The van der Waals surface area contributed by atoms with Gasteiger partial charge in [-0.1, -0.05) is 6.07 Å². The number of carbonyl (C=O) groups excluding carboxylic acids is 1. The molecule has 1 amide bonds. The Hall–Kier alpha value is -2.34. The van der Waals surface area contributed by atoms with Crippen molar-refractivity contribution in [3.8, 4) is 11.1 Å². The van der Waals surface area contributed by atoms with Crippen LogP contribution in [0, 0.1) is 10.1 Å². The molecular formula is C15H12N2O3S. The number of carbonyl (C=O) groups is 1. The maximum absolute atomic E-state index is 11.8. The van der Waals surface area contributed by atoms with Crippen molar-refractivity contribution in [3.63, 3.8) is 0 Å². The first-order valence-electron chi connectivity index (χ1n) is 6.32. The molecule has 106 valence electrons. The molecule has 3 rings (SSSR count). The molecule has 21 heavy (non-hydrogen) atoms. The standard InChI is InChI=1S/C15H12N2O3S/c1-21-14-12-8-10(4-7-13(12)16-15(14)18)9-2-5-11(6-3-9)17(19)20/h2-8,14H,1H3,(H,16,18). The van der Waals surface area contributed by atoms with Gasteiger partial charge in [-0.05, 0) is 47.2 Å². The highest BCUT2D eigenvalue weighted by Crippen LogP contribution is 2.40. The Morgan fingerprint density at radius 3 is 2.43 bits per heavy atom. The number of nitro benzene ring substituents is 1. The molecule has 1 aliphatic rings. The third-order valence-corrected chi connectivity index (χ3v) is 4.42. The van der Waals surface area contributed by atoms with E-state index in [4.69, 9.17) is 0 Å². The number of benzene rings is 2. The third-order valence-electron chi connectivity index (χ3n) is 3.48. The summed E-state index contributed by atoms with van der Waals surface area (Å²) in [7, 11) is 0. The molecule has 0 radical (unpaired) electrons. The number of non-ortho nitro benzene ring substituents is 1. The smallest absolute Gasteiger partial charge is 0.269 e. The Bertz CT molecular complexity index is 728. The van der Waals surface area contributed by atoms with Crippen molar-refractivity contribution in [1.29, 1.82) is 0 Å². The third kappa shape index (κ3) is 2.38. The predicted octanol–water partition coefficient (Wildman–Crippen LogP) is 3.62. The Morgan fingerprint density at radius 2 is 1.81 bits per heavy atom. The minimum atomic E-state index is -0.418. The van der Waals surface area contributed by atoms with E-state index in [2.05, 4.69) is 5.32 Å². The summed E-state index contributed by atoms with van der Waals surface area (Å²) >= 11 is 1.49. The average Bonchev–Trinajstić information content (AvgIpc) is 2.81. The highest BCUT2D eigenvalue weighted by molar-refractivity contribution is 7.99.